The minimum absolute atomic E-state index is 0.277. The maximum absolute atomic E-state index is 10.8. The fourth-order valence-electron chi connectivity index (χ4n) is 9.17. The molecule has 0 atom stereocenters. The zero-order valence-corrected chi connectivity index (χ0v) is 33.2. The van der Waals surface area contributed by atoms with Gasteiger partial charge in [0.2, 0.25) is 0 Å². The molecule has 0 radical (unpaired) electrons. The van der Waals surface area contributed by atoms with Crippen molar-refractivity contribution in [2.45, 2.75) is 0 Å². The lowest BCUT2D eigenvalue weighted by molar-refractivity contribution is 1.17. The van der Waals surface area contributed by atoms with E-state index in [1.165, 1.54) is 10.8 Å². The zero-order valence-electron chi connectivity index (χ0n) is 33.2. The molecule has 0 N–H and O–H groups in total. The first-order chi connectivity index (χ1) is 30.7. The molecule has 3 aromatic heterocycles. The smallest absolute Gasteiger partial charge is 0.102 e. The summed E-state index contributed by atoms with van der Waals surface area (Å²) in [6.45, 7) is 0. The topological polar surface area (TPSA) is 94.1 Å². The Morgan fingerprint density at radius 3 is 1.60 bits per heavy atom. The Bertz CT molecular complexity index is 3690. The summed E-state index contributed by atoms with van der Waals surface area (Å²) < 4.78 is 4.71. The van der Waals surface area contributed by atoms with Crippen LogP contribution in [-0.4, -0.2) is 14.1 Å². The Hall–Kier alpha value is -9.02. The zero-order chi connectivity index (χ0) is 41.7. The van der Waals surface area contributed by atoms with Gasteiger partial charge in [-0.15, -0.1) is 0 Å². The van der Waals surface area contributed by atoms with E-state index in [1.807, 2.05) is 91.0 Å². The number of hydrogen-bond acceptors (Lipinski definition) is 4. The van der Waals surface area contributed by atoms with Crippen LogP contribution in [0.25, 0.3) is 99.8 Å². The van der Waals surface area contributed by atoms with Gasteiger partial charge in [-0.1, -0.05) is 140 Å². The summed E-state index contributed by atoms with van der Waals surface area (Å²) in [5.74, 6) is 0. The lowest BCUT2D eigenvalue weighted by Crippen LogP contribution is -2.02. The van der Waals surface area contributed by atoms with Crippen molar-refractivity contribution in [3.05, 3.63) is 211 Å². The minimum Gasteiger partial charge on any atom is -0.309 e. The van der Waals surface area contributed by atoms with Crippen molar-refractivity contribution in [1.29, 1.82) is 15.8 Å². The van der Waals surface area contributed by atoms with Crippen LogP contribution >= 0.6 is 0 Å². The highest BCUT2D eigenvalue weighted by molar-refractivity contribution is 6.26. The van der Waals surface area contributed by atoms with E-state index in [2.05, 4.69) is 130 Å². The van der Waals surface area contributed by atoms with Crippen LogP contribution in [0.3, 0.4) is 0 Å². The average molecular weight is 789 g/mol. The van der Waals surface area contributed by atoms with Gasteiger partial charge in [-0.3, -0.25) is 0 Å². The van der Waals surface area contributed by atoms with Gasteiger partial charge in [-0.25, -0.2) is 4.98 Å². The predicted molar refractivity (Wildman–Crippen MR) is 249 cm³/mol. The lowest BCUT2D eigenvalue weighted by Gasteiger charge is -2.16. The molecule has 286 valence electrons. The van der Waals surface area contributed by atoms with E-state index in [1.54, 1.807) is 0 Å². The van der Waals surface area contributed by atoms with Gasteiger partial charge < -0.3 is 9.13 Å². The van der Waals surface area contributed by atoms with E-state index in [-0.39, 0.29) is 5.56 Å². The molecule has 0 fully saturated rings. The van der Waals surface area contributed by atoms with E-state index >= 15 is 0 Å². The molecule has 0 saturated carbocycles. The number of benzene rings is 8. The van der Waals surface area contributed by atoms with Gasteiger partial charge in [-0.2, -0.15) is 15.8 Å². The molecular formula is C56H32N6. The first kappa shape index (κ1) is 36.1. The van der Waals surface area contributed by atoms with Crippen molar-refractivity contribution < 1.29 is 0 Å². The maximum Gasteiger partial charge on any atom is 0.102 e. The summed E-state index contributed by atoms with van der Waals surface area (Å²) >= 11 is 0. The standard InChI is InChI=1S/C56H32N6/c57-33-40-31-39(55-48(35-59)52(36-15-5-1-6-16-36)47(34-58)54(60-55)37-17-7-2-8-18-37)25-27-43(40)38-26-29-50-46(32-38)44-28-30-51-53(56(44)62(50)42-21-11-4-12-22-42)45-23-13-14-24-49(45)61(51)41-19-9-3-10-20-41/h1-32H. The summed E-state index contributed by atoms with van der Waals surface area (Å²) in [6, 6.07) is 72.4. The van der Waals surface area contributed by atoms with Crippen molar-refractivity contribution in [2.75, 3.05) is 0 Å². The van der Waals surface area contributed by atoms with Gasteiger partial charge in [0.05, 0.1) is 56.2 Å². The van der Waals surface area contributed by atoms with Crippen LogP contribution in [0.5, 0.6) is 0 Å². The molecule has 0 bridgehead atoms. The summed E-state index contributed by atoms with van der Waals surface area (Å²) in [7, 11) is 0. The van der Waals surface area contributed by atoms with Gasteiger partial charge in [0, 0.05) is 49.6 Å². The van der Waals surface area contributed by atoms with E-state index in [9.17, 15) is 15.8 Å². The summed E-state index contributed by atoms with van der Waals surface area (Å²) in [5, 5.41) is 36.6. The SMILES string of the molecule is N#Cc1cc(-c2nc(-c3ccccc3)c(C#N)c(-c3ccccc3)c2C#N)ccc1-c1ccc2c(c1)c1ccc3c(c4ccccc4n3-c3ccccc3)c1n2-c1ccccc1. The second-order valence-corrected chi connectivity index (χ2v) is 15.2. The lowest BCUT2D eigenvalue weighted by atomic mass is 9.88. The Morgan fingerprint density at radius 2 is 0.935 bits per heavy atom. The van der Waals surface area contributed by atoms with Crippen molar-refractivity contribution in [3.63, 3.8) is 0 Å². The molecule has 0 aliphatic rings. The molecular weight excluding hydrogens is 757 g/mol. The number of nitriles is 3. The number of nitrogens with zero attached hydrogens (tertiary/aromatic N) is 6. The molecule has 0 spiro atoms. The molecule has 3 heterocycles. The molecule has 0 unspecified atom stereocenters. The molecule has 0 saturated heterocycles. The van der Waals surface area contributed by atoms with E-state index in [0.717, 1.165) is 66.5 Å². The van der Waals surface area contributed by atoms with Gasteiger partial charge in [0.25, 0.3) is 0 Å². The van der Waals surface area contributed by atoms with Gasteiger partial charge in [-0.05, 0) is 71.3 Å². The van der Waals surface area contributed by atoms with Crippen molar-refractivity contribution in [1.82, 2.24) is 14.1 Å². The van der Waals surface area contributed by atoms with Crippen LogP contribution < -0.4 is 0 Å². The number of fused-ring (bicyclic) bond motifs is 7. The first-order valence-corrected chi connectivity index (χ1v) is 20.3. The molecule has 0 aliphatic carbocycles. The number of hydrogen-bond donors (Lipinski definition) is 0. The summed E-state index contributed by atoms with van der Waals surface area (Å²) in [4.78, 5) is 5.03. The number of para-hydroxylation sites is 3. The van der Waals surface area contributed by atoms with E-state index in [0.29, 0.717) is 33.6 Å². The molecule has 0 amide bonds. The summed E-state index contributed by atoms with van der Waals surface area (Å²) in [6.07, 6.45) is 0. The fourth-order valence-corrected chi connectivity index (χ4v) is 9.17. The Kier molecular flexibility index (Phi) is 8.54. The third-order valence-electron chi connectivity index (χ3n) is 11.8. The van der Waals surface area contributed by atoms with Crippen LogP contribution in [0.15, 0.2) is 194 Å². The first-order valence-electron chi connectivity index (χ1n) is 20.3. The monoisotopic (exact) mass is 788 g/mol. The molecule has 0 aliphatic heterocycles. The average Bonchev–Trinajstić information content (AvgIpc) is 3.86. The van der Waals surface area contributed by atoms with Crippen LogP contribution in [0.2, 0.25) is 0 Å². The Balaban J connectivity index is 1.14. The number of pyridine rings is 1. The van der Waals surface area contributed by atoms with Crippen molar-refractivity contribution in [3.8, 4) is 74.4 Å². The normalized spacial score (nSPS) is 11.2. The van der Waals surface area contributed by atoms with Gasteiger partial charge in [0.1, 0.15) is 12.1 Å². The Morgan fingerprint density at radius 1 is 0.387 bits per heavy atom. The third kappa shape index (κ3) is 5.59. The van der Waals surface area contributed by atoms with Crippen LogP contribution in [0.4, 0.5) is 0 Å². The second-order valence-electron chi connectivity index (χ2n) is 15.2. The number of rotatable bonds is 6. The van der Waals surface area contributed by atoms with Crippen molar-refractivity contribution >= 4 is 43.6 Å². The molecule has 6 heteroatoms. The highest BCUT2D eigenvalue weighted by atomic mass is 15.0. The third-order valence-corrected chi connectivity index (χ3v) is 11.8. The molecule has 62 heavy (non-hydrogen) atoms. The number of aromatic nitrogens is 3. The van der Waals surface area contributed by atoms with Crippen LogP contribution in [0.1, 0.15) is 16.7 Å². The summed E-state index contributed by atoms with van der Waals surface area (Å²) in [5.41, 5.74) is 12.8. The van der Waals surface area contributed by atoms with Crippen LogP contribution in [0, 0.1) is 34.0 Å². The minimum atomic E-state index is 0.277. The van der Waals surface area contributed by atoms with Gasteiger partial charge >= 0.3 is 0 Å². The fraction of sp³-hybridized carbons (Fsp3) is 0. The highest BCUT2D eigenvalue weighted by Crippen LogP contribution is 2.44. The quantitative estimate of drug-likeness (QED) is 0.168. The largest absolute Gasteiger partial charge is 0.309 e. The molecule has 8 aromatic carbocycles. The maximum atomic E-state index is 10.8. The highest BCUT2D eigenvalue weighted by Gasteiger charge is 2.25. The molecule has 6 nitrogen and oxygen atoms in total. The van der Waals surface area contributed by atoms with Crippen LogP contribution in [-0.2, 0) is 0 Å². The predicted octanol–water partition coefficient (Wildman–Crippen LogP) is 13.6. The Labute approximate surface area is 357 Å². The van der Waals surface area contributed by atoms with E-state index < -0.39 is 0 Å². The van der Waals surface area contributed by atoms with E-state index in [4.69, 9.17) is 4.98 Å². The van der Waals surface area contributed by atoms with Gasteiger partial charge in [0.15, 0.2) is 0 Å². The van der Waals surface area contributed by atoms with Crippen molar-refractivity contribution in [2.24, 2.45) is 0 Å². The molecule has 11 aromatic rings. The second kappa shape index (κ2) is 14.7. The molecule has 11 rings (SSSR count).